The Hall–Kier alpha value is 1.76. The second-order valence-corrected chi connectivity index (χ2v) is 18.6. The normalized spacial score (nSPS) is 14.9. The van der Waals surface area contributed by atoms with Gasteiger partial charge in [-0.2, -0.15) is 0 Å². The first-order chi connectivity index (χ1) is 21.0. The van der Waals surface area contributed by atoms with Crippen molar-refractivity contribution in [1.29, 1.82) is 0 Å². The molecular weight excluding hydrogens is 705 g/mol. The van der Waals surface area contributed by atoms with Gasteiger partial charge in [-0.3, -0.25) is 0 Å². The van der Waals surface area contributed by atoms with Crippen LogP contribution in [0.1, 0.15) is 97.8 Å². The van der Waals surface area contributed by atoms with E-state index in [0.717, 1.165) is 44.9 Å². The zero-order valence-corrected chi connectivity index (χ0v) is 33.8. The molecule has 44 heavy (non-hydrogen) atoms. The largest absolute Gasteiger partial charge is 0.348 e. The Labute approximate surface area is 301 Å². The molecular formula is C32H62Cl6O5Si. The third-order valence-corrected chi connectivity index (χ3v) is 13.3. The molecule has 0 aliphatic carbocycles. The van der Waals surface area contributed by atoms with E-state index >= 15 is 0 Å². The van der Waals surface area contributed by atoms with Crippen LogP contribution in [0.4, 0.5) is 0 Å². The van der Waals surface area contributed by atoms with Crippen LogP contribution in [0.5, 0.6) is 0 Å². The Morgan fingerprint density at radius 1 is 0.523 bits per heavy atom. The fourth-order valence-electron chi connectivity index (χ4n) is 5.85. The van der Waals surface area contributed by atoms with Gasteiger partial charge >= 0.3 is 0 Å². The Balaban J connectivity index is 4.85. The van der Waals surface area contributed by atoms with Crippen molar-refractivity contribution in [2.75, 3.05) is 62.4 Å². The van der Waals surface area contributed by atoms with E-state index in [2.05, 4.69) is 33.9 Å². The van der Waals surface area contributed by atoms with E-state index in [4.69, 9.17) is 93.3 Å². The van der Waals surface area contributed by atoms with Gasteiger partial charge in [0.1, 0.15) is 0 Å². The van der Waals surface area contributed by atoms with Crippen molar-refractivity contribution >= 4 is 78.4 Å². The molecule has 0 aliphatic heterocycles. The lowest BCUT2D eigenvalue weighted by Crippen LogP contribution is -2.57. The van der Waals surface area contributed by atoms with Crippen LogP contribution in [-0.2, 0) is 23.7 Å². The van der Waals surface area contributed by atoms with Crippen LogP contribution in [0.3, 0.4) is 0 Å². The molecule has 266 valence electrons. The van der Waals surface area contributed by atoms with Gasteiger partial charge in [0.25, 0.3) is 5.97 Å². The number of unbranched alkanes of at least 4 members (excludes halogenated alkanes) is 8. The van der Waals surface area contributed by atoms with Crippen LogP contribution in [0, 0.1) is 11.8 Å². The minimum absolute atomic E-state index is 0.0249. The van der Waals surface area contributed by atoms with E-state index in [9.17, 15) is 0 Å². The van der Waals surface area contributed by atoms with Crippen LogP contribution in [0.25, 0.3) is 0 Å². The lowest BCUT2D eigenvalue weighted by molar-refractivity contribution is -0.379. The molecule has 2 unspecified atom stereocenters. The Morgan fingerprint density at radius 3 is 1.20 bits per heavy atom. The van der Waals surface area contributed by atoms with Gasteiger partial charge < -0.3 is 23.7 Å². The van der Waals surface area contributed by atoms with Crippen LogP contribution in [0.15, 0.2) is 0 Å². The van der Waals surface area contributed by atoms with Gasteiger partial charge in [-0.1, -0.05) is 78.8 Å². The summed E-state index contributed by atoms with van der Waals surface area (Å²) in [5, 5.41) is 0. The van der Waals surface area contributed by atoms with Crippen LogP contribution < -0.4 is 0 Å². The summed E-state index contributed by atoms with van der Waals surface area (Å²) in [5.41, 5.74) is 0. The van der Waals surface area contributed by atoms with E-state index in [1.807, 2.05) is 0 Å². The number of hydrogen-bond donors (Lipinski definition) is 0. The standard InChI is InChI=1S/C32H62Cl6O5Si/c1-28(2)27-30(38,44(4)5)29(3)31(39-22-17-33,40-23-18-34)15-13-11-9-7-6-8-10-12-14-16-32(41-24-19-35,42-25-20-36)43-26-21-37/h28-29,44H,6-27H2,1-5H3. The van der Waals surface area contributed by atoms with E-state index in [0.29, 0.717) is 74.8 Å². The summed E-state index contributed by atoms with van der Waals surface area (Å²) in [6.07, 6.45) is 12.4. The summed E-state index contributed by atoms with van der Waals surface area (Å²) in [7, 11) is -1.27. The Morgan fingerprint density at radius 2 is 0.864 bits per heavy atom. The van der Waals surface area contributed by atoms with Gasteiger partial charge in [-0.25, -0.2) is 0 Å². The summed E-state index contributed by atoms with van der Waals surface area (Å²) < 4.78 is 30.2. The molecule has 0 spiro atoms. The van der Waals surface area contributed by atoms with Gasteiger partial charge in [0, 0.05) is 52.7 Å². The molecule has 0 radical (unpaired) electrons. The lowest BCUT2D eigenvalue weighted by Gasteiger charge is -2.48. The zero-order valence-electron chi connectivity index (χ0n) is 28.1. The minimum atomic E-state index is -1.27. The van der Waals surface area contributed by atoms with Crippen molar-refractivity contribution in [1.82, 2.24) is 0 Å². The van der Waals surface area contributed by atoms with Crippen molar-refractivity contribution in [3.05, 3.63) is 0 Å². The number of hydrogen-bond acceptors (Lipinski definition) is 5. The fourth-order valence-corrected chi connectivity index (χ4v) is 8.91. The maximum absolute atomic E-state index is 7.49. The van der Waals surface area contributed by atoms with E-state index < -0.39 is 20.6 Å². The zero-order chi connectivity index (χ0) is 33.3. The van der Waals surface area contributed by atoms with Gasteiger partial charge in [0.15, 0.2) is 5.79 Å². The molecule has 0 heterocycles. The van der Waals surface area contributed by atoms with Gasteiger partial charge in [-0.15, -0.1) is 69.6 Å². The predicted molar refractivity (Wildman–Crippen MR) is 196 cm³/mol. The summed E-state index contributed by atoms with van der Waals surface area (Å²) >= 11 is 37.2. The van der Waals surface area contributed by atoms with Gasteiger partial charge in [0.05, 0.1) is 41.8 Å². The third-order valence-electron chi connectivity index (χ3n) is 8.11. The first-order valence-electron chi connectivity index (χ1n) is 16.7. The van der Waals surface area contributed by atoms with Crippen LogP contribution >= 0.6 is 69.6 Å². The number of halogens is 6. The molecule has 0 amide bonds. The molecule has 0 aromatic rings. The first-order valence-corrected chi connectivity index (χ1v) is 22.6. The molecule has 0 aromatic heterocycles. The first kappa shape index (κ1) is 45.8. The summed E-state index contributed by atoms with van der Waals surface area (Å²) in [5.74, 6) is 0.537. The van der Waals surface area contributed by atoms with E-state index in [1.54, 1.807) is 0 Å². The van der Waals surface area contributed by atoms with E-state index in [1.165, 1.54) is 25.7 Å². The summed E-state index contributed by atoms with van der Waals surface area (Å²) in [6, 6.07) is 0. The Kier molecular flexibility index (Phi) is 28.7. The highest BCUT2D eigenvalue weighted by Crippen LogP contribution is 2.45. The molecule has 0 aliphatic rings. The lowest BCUT2D eigenvalue weighted by atomic mass is 9.87. The molecule has 0 N–H and O–H groups in total. The molecule has 5 nitrogen and oxygen atoms in total. The molecule has 12 heteroatoms. The van der Waals surface area contributed by atoms with Crippen molar-refractivity contribution in [2.45, 2.75) is 127 Å². The molecule has 0 rings (SSSR count). The predicted octanol–water partition coefficient (Wildman–Crippen LogP) is 10.6. The number of ether oxygens (including phenoxy) is 5. The number of alkyl halides is 6. The molecule has 0 bridgehead atoms. The number of rotatable bonds is 32. The highest BCUT2D eigenvalue weighted by Gasteiger charge is 2.51. The van der Waals surface area contributed by atoms with Crippen molar-refractivity contribution in [3.63, 3.8) is 0 Å². The molecule has 0 saturated carbocycles. The second kappa shape index (κ2) is 27.6. The maximum atomic E-state index is 7.49. The molecule has 0 fully saturated rings. The third kappa shape index (κ3) is 18.5. The topological polar surface area (TPSA) is 46.2 Å². The van der Waals surface area contributed by atoms with Crippen molar-refractivity contribution in [2.24, 2.45) is 11.8 Å². The van der Waals surface area contributed by atoms with Crippen molar-refractivity contribution < 1.29 is 23.7 Å². The molecule has 2 atom stereocenters. The fraction of sp³-hybridized carbons (Fsp3) is 1.00. The molecule has 0 saturated heterocycles. The second-order valence-electron chi connectivity index (χ2n) is 12.3. The van der Waals surface area contributed by atoms with Crippen LogP contribution in [0.2, 0.25) is 13.1 Å². The SMILES string of the molecule is CC(C)CC(Cl)(C(C)C(CCCCCCCCCCCC(OCCCl)(OCCCl)OCCCl)(OCCCl)OCCCl)[SiH](C)C. The van der Waals surface area contributed by atoms with Gasteiger partial charge in [0.2, 0.25) is 0 Å². The van der Waals surface area contributed by atoms with Crippen LogP contribution in [-0.4, -0.2) is 87.5 Å². The highest BCUT2D eigenvalue weighted by molar-refractivity contribution is 6.70. The monoisotopic (exact) mass is 764 g/mol. The summed E-state index contributed by atoms with van der Waals surface area (Å²) in [4.78, 5) is 0. The average molecular weight is 768 g/mol. The minimum Gasteiger partial charge on any atom is -0.348 e. The van der Waals surface area contributed by atoms with Gasteiger partial charge in [-0.05, 0) is 25.2 Å². The van der Waals surface area contributed by atoms with Crippen molar-refractivity contribution in [3.8, 4) is 0 Å². The van der Waals surface area contributed by atoms with E-state index in [-0.39, 0.29) is 10.4 Å². The quantitative estimate of drug-likeness (QED) is 0.0295. The highest BCUT2D eigenvalue weighted by atomic mass is 35.5. The Bertz CT molecular complexity index is 637. The smallest absolute Gasteiger partial charge is 0.282 e. The average Bonchev–Trinajstić information content (AvgIpc) is 3.00. The maximum Gasteiger partial charge on any atom is 0.282 e. The molecule has 0 aromatic carbocycles. The summed E-state index contributed by atoms with van der Waals surface area (Å²) in [6.45, 7) is 13.2.